The standard InChI is InChI=1S/C17H27NO2/c1-4-18-17(10-14-8-9-19-12-14)15-6-5-7-16(11-15)20-13(2)3/h5-7,11,13-14,17-18H,4,8-10,12H2,1-3H3. The summed E-state index contributed by atoms with van der Waals surface area (Å²) in [5, 5.41) is 3.60. The molecule has 2 atom stereocenters. The first-order valence-electron chi connectivity index (χ1n) is 7.76. The summed E-state index contributed by atoms with van der Waals surface area (Å²) in [7, 11) is 0. The van der Waals surface area contributed by atoms with Crippen LogP contribution in [0.1, 0.15) is 45.2 Å². The van der Waals surface area contributed by atoms with E-state index in [2.05, 4.69) is 44.3 Å². The average Bonchev–Trinajstić information content (AvgIpc) is 2.91. The zero-order valence-corrected chi connectivity index (χ0v) is 12.9. The van der Waals surface area contributed by atoms with Gasteiger partial charge in [0.25, 0.3) is 0 Å². The number of benzene rings is 1. The van der Waals surface area contributed by atoms with Crippen molar-refractivity contribution >= 4 is 0 Å². The Balaban J connectivity index is 2.06. The van der Waals surface area contributed by atoms with Crippen molar-refractivity contribution in [1.29, 1.82) is 0 Å². The first-order chi connectivity index (χ1) is 9.69. The van der Waals surface area contributed by atoms with E-state index in [4.69, 9.17) is 9.47 Å². The van der Waals surface area contributed by atoms with E-state index in [1.807, 2.05) is 6.07 Å². The molecule has 1 heterocycles. The summed E-state index contributed by atoms with van der Waals surface area (Å²) >= 11 is 0. The second kappa shape index (κ2) is 7.65. The lowest BCUT2D eigenvalue weighted by Crippen LogP contribution is -2.23. The van der Waals surface area contributed by atoms with Gasteiger partial charge in [-0.25, -0.2) is 0 Å². The van der Waals surface area contributed by atoms with Crippen LogP contribution in [0.3, 0.4) is 0 Å². The maximum absolute atomic E-state index is 5.80. The van der Waals surface area contributed by atoms with Gasteiger partial charge >= 0.3 is 0 Å². The molecule has 1 aromatic rings. The molecule has 0 saturated carbocycles. The maximum atomic E-state index is 5.80. The van der Waals surface area contributed by atoms with Crippen molar-refractivity contribution < 1.29 is 9.47 Å². The fraction of sp³-hybridized carbons (Fsp3) is 0.647. The van der Waals surface area contributed by atoms with Crippen LogP contribution in [-0.2, 0) is 4.74 Å². The van der Waals surface area contributed by atoms with Crippen LogP contribution >= 0.6 is 0 Å². The van der Waals surface area contributed by atoms with Gasteiger partial charge in [-0.1, -0.05) is 19.1 Å². The Hall–Kier alpha value is -1.06. The van der Waals surface area contributed by atoms with Crippen molar-refractivity contribution in [2.24, 2.45) is 5.92 Å². The molecule has 1 aliphatic rings. The van der Waals surface area contributed by atoms with Gasteiger partial charge in [-0.2, -0.15) is 0 Å². The van der Waals surface area contributed by atoms with Crippen molar-refractivity contribution in [3.63, 3.8) is 0 Å². The Bertz CT molecular complexity index is 400. The smallest absolute Gasteiger partial charge is 0.120 e. The van der Waals surface area contributed by atoms with Crippen molar-refractivity contribution in [2.45, 2.75) is 45.8 Å². The topological polar surface area (TPSA) is 30.5 Å². The third-order valence-corrected chi connectivity index (χ3v) is 3.68. The second-order valence-electron chi connectivity index (χ2n) is 5.81. The predicted molar refractivity (Wildman–Crippen MR) is 82.2 cm³/mol. The molecule has 1 aliphatic heterocycles. The predicted octanol–water partition coefficient (Wildman–Crippen LogP) is 3.55. The maximum Gasteiger partial charge on any atom is 0.120 e. The minimum absolute atomic E-state index is 0.214. The molecule has 1 fully saturated rings. The molecular weight excluding hydrogens is 250 g/mol. The Morgan fingerprint density at radius 3 is 2.90 bits per heavy atom. The van der Waals surface area contributed by atoms with E-state index in [1.54, 1.807) is 0 Å². The highest BCUT2D eigenvalue weighted by Gasteiger charge is 2.21. The highest BCUT2D eigenvalue weighted by atomic mass is 16.5. The minimum atomic E-state index is 0.214. The summed E-state index contributed by atoms with van der Waals surface area (Å²) in [5.74, 6) is 1.64. The summed E-state index contributed by atoms with van der Waals surface area (Å²) in [6.07, 6.45) is 2.54. The van der Waals surface area contributed by atoms with Crippen molar-refractivity contribution in [3.8, 4) is 5.75 Å². The molecule has 3 nitrogen and oxygen atoms in total. The van der Waals surface area contributed by atoms with E-state index in [0.29, 0.717) is 12.0 Å². The summed E-state index contributed by atoms with van der Waals surface area (Å²) in [4.78, 5) is 0. The van der Waals surface area contributed by atoms with E-state index >= 15 is 0 Å². The highest BCUT2D eigenvalue weighted by molar-refractivity contribution is 5.30. The zero-order valence-electron chi connectivity index (χ0n) is 12.9. The van der Waals surface area contributed by atoms with E-state index in [9.17, 15) is 0 Å². The molecular formula is C17H27NO2. The van der Waals surface area contributed by atoms with Crippen LogP contribution in [0, 0.1) is 5.92 Å². The minimum Gasteiger partial charge on any atom is -0.491 e. The van der Waals surface area contributed by atoms with Crippen molar-refractivity contribution in [3.05, 3.63) is 29.8 Å². The largest absolute Gasteiger partial charge is 0.491 e. The van der Waals surface area contributed by atoms with Crippen molar-refractivity contribution in [1.82, 2.24) is 5.32 Å². The molecule has 1 N–H and O–H groups in total. The van der Waals surface area contributed by atoms with E-state index in [1.165, 1.54) is 12.0 Å². The molecule has 112 valence electrons. The van der Waals surface area contributed by atoms with Crippen LogP contribution < -0.4 is 10.1 Å². The monoisotopic (exact) mass is 277 g/mol. The Kier molecular flexibility index (Phi) is 5.86. The molecule has 3 heteroatoms. The normalized spacial score (nSPS) is 20.3. The van der Waals surface area contributed by atoms with Gasteiger partial charge in [-0.05, 0) is 56.8 Å². The van der Waals surface area contributed by atoms with Gasteiger partial charge < -0.3 is 14.8 Å². The number of hydrogen-bond donors (Lipinski definition) is 1. The molecule has 0 bridgehead atoms. The van der Waals surface area contributed by atoms with Crippen molar-refractivity contribution in [2.75, 3.05) is 19.8 Å². The highest BCUT2D eigenvalue weighted by Crippen LogP contribution is 2.28. The van der Waals surface area contributed by atoms with Gasteiger partial charge in [0.2, 0.25) is 0 Å². The first-order valence-corrected chi connectivity index (χ1v) is 7.76. The van der Waals surface area contributed by atoms with Crippen LogP contribution in [0.25, 0.3) is 0 Å². The Morgan fingerprint density at radius 2 is 2.25 bits per heavy atom. The van der Waals surface area contributed by atoms with Crippen LogP contribution in [-0.4, -0.2) is 25.9 Å². The molecule has 2 unspecified atom stereocenters. The molecule has 0 aliphatic carbocycles. The van der Waals surface area contributed by atoms with Crippen LogP contribution in [0.5, 0.6) is 5.75 Å². The molecule has 0 amide bonds. The van der Waals surface area contributed by atoms with Gasteiger partial charge in [0.15, 0.2) is 0 Å². The summed E-state index contributed by atoms with van der Waals surface area (Å²) in [5.41, 5.74) is 1.32. The lowest BCUT2D eigenvalue weighted by Gasteiger charge is -2.22. The number of rotatable bonds is 7. The molecule has 2 rings (SSSR count). The van der Waals surface area contributed by atoms with Gasteiger partial charge in [0, 0.05) is 19.3 Å². The summed E-state index contributed by atoms with van der Waals surface area (Å²) in [6, 6.07) is 8.87. The zero-order chi connectivity index (χ0) is 14.4. The number of ether oxygens (including phenoxy) is 2. The lowest BCUT2D eigenvalue weighted by molar-refractivity contribution is 0.181. The fourth-order valence-electron chi connectivity index (χ4n) is 2.76. The molecule has 0 aromatic heterocycles. The number of nitrogens with one attached hydrogen (secondary N) is 1. The molecule has 20 heavy (non-hydrogen) atoms. The first kappa shape index (κ1) is 15.3. The van der Waals surface area contributed by atoms with Crippen LogP contribution in [0.2, 0.25) is 0 Å². The SMILES string of the molecule is CCNC(CC1CCOC1)c1cccc(OC(C)C)c1. The molecule has 0 spiro atoms. The fourth-order valence-corrected chi connectivity index (χ4v) is 2.76. The van der Waals surface area contributed by atoms with Crippen LogP contribution in [0.4, 0.5) is 0 Å². The molecule has 0 radical (unpaired) electrons. The van der Waals surface area contributed by atoms with Gasteiger partial charge in [-0.15, -0.1) is 0 Å². The second-order valence-corrected chi connectivity index (χ2v) is 5.81. The Morgan fingerprint density at radius 1 is 1.40 bits per heavy atom. The van der Waals surface area contributed by atoms with E-state index in [-0.39, 0.29) is 6.10 Å². The van der Waals surface area contributed by atoms with E-state index in [0.717, 1.165) is 31.9 Å². The summed E-state index contributed by atoms with van der Waals surface area (Å²) in [6.45, 7) is 9.08. The summed E-state index contributed by atoms with van der Waals surface area (Å²) < 4.78 is 11.3. The van der Waals surface area contributed by atoms with Crippen LogP contribution in [0.15, 0.2) is 24.3 Å². The lowest BCUT2D eigenvalue weighted by atomic mass is 9.94. The quantitative estimate of drug-likeness (QED) is 0.826. The van der Waals surface area contributed by atoms with Gasteiger partial charge in [0.05, 0.1) is 6.10 Å². The van der Waals surface area contributed by atoms with Gasteiger partial charge in [0.1, 0.15) is 5.75 Å². The third kappa shape index (κ3) is 4.50. The number of hydrogen-bond acceptors (Lipinski definition) is 3. The van der Waals surface area contributed by atoms with E-state index < -0.39 is 0 Å². The molecule has 1 saturated heterocycles. The average molecular weight is 277 g/mol. The molecule has 1 aromatic carbocycles. The third-order valence-electron chi connectivity index (χ3n) is 3.68. The van der Waals surface area contributed by atoms with Gasteiger partial charge in [-0.3, -0.25) is 0 Å². The Labute approximate surface area is 122 Å².